The van der Waals surface area contributed by atoms with Crippen LogP contribution in [0.4, 0.5) is 0 Å². The van der Waals surface area contributed by atoms with E-state index < -0.39 is 5.41 Å². The second kappa shape index (κ2) is 8.65. The van der Waals surface area contributed by atoms with Crippen LogP contribution in [0.15, 0.2) is 28.7 Å². The zero-order valence-corrected chi connectivity index (χ0v) is 14.9. The Morgan fingerprint density at radius 3 is 2.35 bits per heavy atom. The predicted molar refractivity (Wildman–Crippen MR) is 90.6 cm³/mol. The van der Waals surface area contributed by atoms with Crippen LogP contribution in [-0.4, -0.2) is 25.0 Å². The Morgan fingerprint density at radius 1 is 1.30 bits per heavy atom. The Balaban J connectivity index is 0.00000361. The zero-order valence-electron chi connectivity index (χ0n) is 12.5. The molecule has 0 spiro atoms. The van der Waals surface area contributed by atoms with E-state index in [1.54, 1.807) is 0 Å². The highest BCUT2D eigenvalue weighted by molar-refractivity contribution is 9.10. The van der Waals surface area contributed by atoms with Crippen LogP contribution < -0.4 is 10.6 Å². The van der Waals surface area contributed by atoms with Gasteiger partial charge < -0.3 is 10.6 Å². The molecule has 1 amide bonds. The summed E-state index contributed by atoms with van der Waals surface area (Å²) in [6.07, 6.45) is 0. The lowest BCUT2D eigenvalue weighted by atomic mass is 9.84. The molecule has 0 bridgehead atoms. The van der Waals surface area contributed by atoms with E-state index in [2.05, 4.69) is 40.4 Å². The van der Waals surface area contributed by atoms with Crippen molar-refractivity contribution in [2.45, 2.75) is 39.2 Å². The molecule has 0 saturated heterocycles. The van der Waals surface area contributed by atoms with E-state index >= 15 is 0 Å². The molecule has 0 saturated carbocycles. The summed E-state index contributed by atoms with van der Waals surface area (Å²) in [6.45, 7) is 9.58. The molecule has 0 aliphatic carbocycles. The maximum Gasteiger partial charge on any atom is 0.230 e. The van der Waals surface area contributed by atoms with Gasteiger partial charge in [-0.3, -0.25) is 4.79 Å². The summed E-state index contributed by atoms with van der Waals surface area (Å²) in [5.74, 6) is 0.0552. The summed E-state index contributed by atoms with van der Waals surface area (Å²) in [5.41, 5.74) is 0.497. The third kappa shape index (κ3) is 5.43. The first-order valence-electron chi connectivity index (χ1n) is 6.65. The van der Waals surface area contributed by atoms with Crippen LogP contribution in [0, 0.1) is 0 Å². The first kappa shape index (κ1) is 19.4. The molecule has 1 aromatic rings. The van der Waals surface area contributed by atoms with Gasteiger partial charge in [-0.2, -0.15) is 0 Å². The average Bonchev–Trinajstić information content (AvgIpc) is 2.36. The van der Waals surface area contributed by atoms with Gasteiger partial charge in [-0.05, 0) is 45.0 Å². The van der Waals surface area contributed by atoms with Crippen molar-refractivity contribution in [3.8, 4) is 0 Å². The van der Waals surface area contributed by atoms with Gasteiger partial charge in [-0.25, -0.2) is 0 Å². The molecule has 1 aromatic carbocycles. The van der Waals surface area contributed by atoms with Crippen LogP contribution in [0.3, 0.4) is 0 Å². The fourth-order valence-electron chi connectivity index (χ4n) is 1.89. The second-order valence-electron chi connectivity index (χ2n) is 5.30. The van der Waals surface area contributed by atoms with E-state index in [0.29, 0.717) is 6.54 Å². The summed E-state index contributed by atoms with van der Waals surface area (Å²) in [4.78, 5) is 12.3. The van der Waals surface area contributed by atoms with Gasteiger partial charge in [0.25, 0.3) is 0 Å². The van der Waals surface area contributed by atoms with Crippen molar-refractivity contribution in [2.24, 2.45) is 0 Å². The molecule has 0 aliphatic heterocycles. The number of amides is 1. The van der Waals surface area contributed by atoms with E-state index in [9.17, 15) is 4.79 Å². The molecule has 0 radical (unpaired) electrons. The maximum absolute atomic E-state index is 12.3. The number of carbonyl (C=O) groups is 1. The molecule has 0 heterocycles. The van der Waals surface area contributed by atoms with Gasteiger partial charge in [0.15, 0.2) is 0 Å². The van der Waals surface area contributed by atoms with E-state index in [1.807, 2.05) is 38.1 Å². The molecule has 1 rings (SSSR count). The van der Waals surface area contributed by atoms with Crippen LogP contribution in [0.25, 0.3) is 0 Å². The third-order valence-electron chi connectivity index (χ3n) is 3.25. The maximum atomic E-state index is 12.3. The SMILES string of the molecule is CCN[C@H](C)CNC(=O)C(C)(C)c1ccc(Br)cc1.Cl. The van der Waals surface area contributed by atoms with Crippen molar-refractivity contribution < 1.29 is 4.79 Å². The van der Waals surface area contributed by atoms with Crippen molar-refractivity contribution in [1.82, 2.24) is 10.6 Å². The Hall–Kier alpha value is -0.580. The highest BCUT2D eigenvalue weighted by Crippen LogP contribution is 2.24. The van der Waals surface area contributed by atoms with Crippen molar-refractivity contribution in [1.29, 1.82) is 0 Å². The van der Waals surface area contributed by atoms with Gasteiger partial charge >= 0.3 is 0 Å². The fraction of sp³-hybridized carbons (Fsp3) is 0.533. The van der Waals surface area contributed by atoms with Crippen LogP contribution in [0.5, 0.6) is 0 Å². The predicted octanol–water partition coefficient (Wildman–Crippen LogP) is 3.26. The quantitative estimate of drug-likeness (QED) is 0.814. The number of likely N-dealkylation sites (N-methyl/N-ethyl adjacent to an activating group) is 1. The minimum Gasteiger partial charge on any atom is -0.354 e. The molecule has 3 nitrogen and oxygen atoms in total. The molecule has 114 valence electrons. The summed E-state index contributed by atoms with van der Waals surface area (Å²) in [7, 11) is 0. The fourth-order valence-corrected chi connectivity index (χ4v) is 2.15. The highest BCUT2D eigenvalue weighted by Gasteiger charge is 2.29. The van der Waals surface area contributed by atoms with E-state index in [1.165, 1.54) is 0 Å². The van der Waals surface area contributed by atoms with Gasteiger partial charge in [-0.1, -0.05) is 35.0 Å². The van der Waals surface area contributed by atoms with Gasteiger partial charge in [0.05, 0.1) is 5.41 Å². The van der Waals surface area contributed by atoms with E-state index in [-0.39, 0.29) is 24.4 Å². The van der Waals surface area contributed by atoms with Gasteiger partial charge in [-0.15, -0.1) is 12.4 Å². The molecule has 0 unspecified atom stereocenters. The number of halogens is 2. The minimum atomic E-state index is -0.521. The highest BCUT2D eigenvalue weighted by atomic mass is 79.9. The van der Waals surface area contributed by atoms with Gasteiger partial charge in [0, 0.05) is 17.1 Å². The standard InChI is InChI=1S/C15H23BrN2O.ClH/c1-5-17-11(2)10-18-14(19)15(3,4)12-6-8-13(16)9-7-12;/h6-9,11,17H,5,10H2,1-4H3,(H,18,19);1H/t11-;/m1./s1. The number of nitrogens with one attached hydrogen (secondary N) is 2. The van der Waals surface area contributed by atoms with Crippen LogP contribution in [0.1, 0.15) is 33.3 Å². The van der Waals surface area contributed by atoms with Crippen molar-refractivity contribution >= 4 is 34.2 Å². The lowest BCUT2D eigenvalue weighted by Crippen LogP contribution is -2.45. The zero-order chi connectivity index (χ0) is 14.5. The van der Waals surface area contributed by atoms with Gasteiger partial charge in [0.1, 0.15) is 0 Å². The Labute approximate surface area is 136 Å². The van der Waals surface area contributed by atoms with E-state index in [0.717, 1.165) is 16.6 Å². The smallest absolute Gasteiger partial charge is 0.230 e. The van der Waals surface area contributed by atoms with Crippen LogP contribution in [-0.2, 0) is 10.2 Å². The molecule has 0 aliphatic rings. The Morgan fingerprint density at radius 2 is 1.85 bits per heavy atom. The second-order valence-corrected chi connectivity index (χ2v) is 6.22. The lowest BCUT2D eigenvalue weighted by Gasteiger charge is -2.25. The number of hydrogen-bond donors (Lipinski definition) is 2. The number of rotatable bonds is 6. The first-order chi connectivity index (χ1) is 8.87. The lowest BCUT2D eigenvalue weighted by molar-refractivity contribution is -0.125. The summed E-state index contributed by atoms with van der Waals surface area (Å²) >= 11 is 3.41. The monoisotopic (exact) mass is 362 g/mol. The molecule has 0 aromatic heterocycles. The molecule has 5 heteroatoms. The molecule has 2 N–H and O–H groups in total. The van der Waals surface area contributed by atoms with Crippen LogP contribution in [0.2, 0.25) is 0 Å². The van der Waals surface area contributed by atoms with Gasteiger partial charge in [0.2, 0.25) is 5.91 Å². The van der Waals surface area contributed by atoms with Crippen molar-refractivity contribution in [2.75, 3.05) is 13.1 Å². The minimum absolute atomic E-state index is 0. The van der Waals surface area contributed by atoms with Crippen LogP contribution >= 0.6 is 28.3 Å². The Kier molecular flexibility index (Phi) is 8.40. The molecule has 0 fully saturated rings. The molecular formula is C15H24BrClN2O. The van der Waals surface area contributed by atoms with Crippen molar-refractivity contribution in [3.05, 3.63) is 34.3 Å². The normalized spacial score (nSPS) is 12.4. The summed E-state index contributed by atoms with van der Waals surface area (Å²) in [6, 6.07) is 8.18. The number of benzene rings is 1. The number of hydrogen-bond acceptors (Lipinski definition) is 2. The summed E-state index contributed by atoms with van der Waals surface area (Å²) < 4.78 is 1.02. The first-order valence-corrected chi connectivity index (χ1v) is 7.45. The average molecular weight is 364 g/mol. The van der Waals surface area contributed by atoms with Crippen molar-refractivity contribution in [3.63, 3.8) is 0 Å². The Bertz CT molecular complexity index is 420. The molecular weight excluding hydrogens is 340 g/mol. The summed E-state index contributed by atoms with van der Waals surface area (Å²) in [5, 5.41) is 6.29. The molecule has 1 atom stereocenters. The number of carbonyl (C=O) groups excluding carboxylic acids is 1. The molecule has 20 heavy (non-hydrogen) atoms. The van der Waals surface area contributed by atoms with E-state index in [4.69, 9.17) is 0 Å². The largest absolute Gasteiger partial charge is 0.354 e. The third-order valence-corrected chi connectivity index (χ3v) is 3.78. The topological polar surface area (TPSA) is 41.1 Å².